The van der Waals surface area contributed by atoms with E-state index in [1.165, 1.54) is 0 Å². The molecule has 1 atom stereocenters. The van der Waals surface area contributed by atoms with Crippen LogP contribution < -0.4 is 15.8 Å². The predicted octanol–water partition coefficient (Wildman–Crippen LogP) is 2.03. The lowest BCUT2D eigenvalue weighted by molar-refractivity contribution is -0.123. The van der Waals surface area contributed by atoms with Gasteiger partial charge < -0.3 is 15.8 Å². The van der Waals surface area contributed by atoms with Gasteiger partial charge in [0.05, 0.1) is 12.6 Å². The van der Waals surface area contributed by atoms with Gasteiger partial charge in [-0.2, -0.15) is 0 Å². The quantitative estimate of drug-likeness (QED) is 0.716. The molecule has 5 heteroatoms. The van der Waals surface area contributed by atoms with Gasteiger partial charge in [-0.25, -0.2) is 0 Å². The number of nitrogens with one attached hydrogen (secondary N) is 1. The minimum Gasteiger partial charge on any atom is -0.497 e. The van der Waals surface area contributed by atoms with Gasteiger partial charge in [0.15, 0.2) is 0 Å². The van der Waals surface area contributed by atoms with Crippen LogP contribution in [0.25, 0.3) is 0 Å². The van der Waals surface area contributed by atoms with Crippen molar-refractivity contribution >= 4 is 17.7 Å². The van der Waals surface area contributed by atoms with Gasteiger partial charge in [-0.15, -0.1) is 11.8 Å². The molecule has 1 unspecified atom stereocenters. The zero-order valence-corrected chi connectivity index (χ0v) is 12.5. The molecule has 0 bridgehead atoms. The first kappa shape index (κ1) is 15.9. The third-order valence-electron chi connectivity index (χ3n) is 3.02. The third-order valence-corrected chi connectivity index (χ3v) is 4.02. The number of carbonyl (C=O) groups is 1. The Labute approximate surface area is 119 Å². The van der Waals surface area contributed by atoms with Crippen molar-refractivity contribution in [1.29, 1.82) is 0 Å². The summed E-state index contributed by atoms with van der Waals surface area (Å²) in [5, 5.41) is 3.15. The van der Waals surface area contributed by atoms with E-state index >= 15 is 0 Å². The Balaban J connectivity index is 2.54. The number of hydrogen-bond acceptors (Lipinski definition) is 4. The van der Waals surface area contributed by atoms with Gasteiger partial charge in [0.1, 0.15) is 5.75 Å². The Kier molecular flexibility index (Phi) is 6.18. The number of ether oxygens (including phenoxy) is 1. The summed E-state index contributed by atoms with van der Waals surface area (Å²) < 4.78 is 5.18. The number of amides is 1. The molecule has 0 heterocycles. The predicted molar refractivity (Wildman–Crippen MR) is 79.6 cm³/mol. The van der Waals surface area contributed by atoms with Crippen LogP contribution in [0.15, 0.2) is 29.2 Å². The zero-order valence-electron chi connectivity index (χ0n) is 11.7. The molecule has 3 N–H and O–H groups in total. The van der Waals surface area contributed by atoms with Crippen molar-refractivity contribution in [2.75, 3.05) is 19.4 Å². The van der Waals surface area contributed by atoms with Crippen LogP contribution in [0.4, 0.5) is 0 Å². The molecule has 0 saturated carbocycles. The average Bonchev–Trinajstić information content (AvgIpc) is 2.39. The highest BCUT2D eigenvalue weighted by Crippen LogP contribution is 2.25. The summed E-state index contributed by atoms with van der Waals surface area (Å²) >= 11 is 1.69. The van der Waals surface area contributed by atoms with Crippen LogP contribution in [0.1, 0.15) is 20.3 Å². The monoisotopic (exact) mass is 282 g/mol. The normalized spacial score (nSPS) is 13.8. The summed E-state index contributed by atoms with van der Waals surface area (Å²) in [5.41, 5.74) is 4.81. The average molecular weight is 282 g/mol. The highest BCUT2D eigenvalue weighted by molar-refractivity contribution is 7.99. The Morgan fingerprint density at radius 3 is 2.84 bits per heavy atom. The molecular formula is C14H22N2O2S. The molecule has 19 heavy (non-hydrogen) atoms. The van der Waals surface area contributed by atoms with Crippen molar-refractivity contribution in [2.45, 2.75) is 30.7 Å². The van der Waals surface area contributed by atoms with Crippen molar-refractivity contribution in [1.82, 2.24) is 5.32 Å². The number of hydrogen-bond donors (Lipinski definition) is 2. The van der Waals surface area contributed by atoms with Gasteiger partial charge >= 0.3 is 0 Å². The van der Waals surface area contributed by atoms with Gasteiger partial charge in [-0.1, -0.05) is 13.0 Å². The second-order valence-corrected chi connectivity index (χ2v) is 5.67. The van der Waals surface area contributed by atoms with Crippen LogP contribution in [-0.2, 0) is 4.79 Å². The van der Waals surface area contributed by atoms with E-state index in [9.17, 15) is 4.79 Å². The van der Waals surface area contributed by atoms with E-state index in [4.69, 9.17) is 10.5 Å². The standard InChI is InChI=1S/C14H22N2O2S/c1-4-16-14(2,13(15)17)8-9-19-12-7-5-6-11(10-12)18-3/h5-7,10,16H,4,8-9H2,1-3H3,(H2,15,17). The molecule has 0 radical (unpaired) electrons. The van der Waals surface area contributed by atoms with E-state index in [-0.39, 0.29) is 5.91 Å². The Morgan fingerprint density at radius 1 is 1.53 bits per heavy atom. The molecular weight excluding hydrogens is 260 g/mol. The minimum absolute atomic E-state index is 0.305. The fraction of sp³-hybridized carbons (Fsp3) is 0.500. The van der Waals surface area contributed by atoms with Crippen LogP contribution in [0.2, 0.25) is 0 Å². The van der Waals surface area contributed by atoms with E-state index in [2.05, 4.69) is 5.32 Å². The van der Waals surface area contributed by atoms with Crippen molar-refractivity contribution in [3.63, 3.8) is 0 Å². The Bertz CT molecular complexity index is 426. The summed E-state index contributed by atoms with van der Waals surface area (Å²) in [4.78, 5) is 12.6. The molecule has 0 aliphatic heterocycles. The summed E-state index contributed by atoms with van der Waals surface area (Å²) in [7, 11) is 1.65. The molecule has 106 valence electrons. The largest absolute Gasteiger partial charge is 0.497 e. The summed E-state index contributed by atoms with van der Waals surface area (Å²) in [6, 6.07) is 7.89. The van der Waals surface area contributed by atoms with Crippen LogP contribution in [0.3, 0.4) is 0 Å². The molecule has 1 rings (SSSR count). The molecule has 0 aliphatic carbocycles. The fourth-order valence-electron chi connectivity index (χ4n) is 1.75. The number of rotatable bonds is 8. The lowest BCUT2D eigenvalue weighted by Crippen LogP contribution is -2.53. The molecule has 1 aromatic carbocycles. The maximum absolute atomic E-state index is 11.5. The van der Waals surface area contributed by atoms with Gasteiger partial charge in [0, 0.05) is 10.6 Å². The summed E-state index contributed by atoms with van der Waals surface area (Å²) in [6.45, 7) is 4.55. The molecule has 4 nitrogen and oxygen atoms in total. The smallest absolute Gasteiger partial charge is 0.237 e. The van der Waals surface area contributed by atoms with Crippen molar-refractivity contribution in [3.05, 3.63) is 24.3 Å². The zero-order chi connectivity index (χ0) is 14.3. The maximum Gasteiger partial charge on any atom is 0.237 e. The second kappa shape index (κ2) is 7.40. The van der Waals surface area contributed by atoms with Gasteiger partial charge in [-0.3, -0.25) is 4.79 Å². The number of carbonyl (C=O) groups excluding carboxylic acids is 1. The number of nitrogens with two attached hydrogens (primary N) is 1. The highest BCUT2D eigenvalue weighted by Gasteiger charge is 2.29. The van der Waals surface area contributed by atoms with Crippen molar-refractivity contribution in [2.24, 2.45) is 5.73 Å². The van der Waals surface area contributed by atoms with Crippen molar-refractivity contribution < 1.29 is 9.53 Å². The first-order valence-corrected chi connectivity index (χ1v) is 7.32. The fourth-order valence-corrected chi connectivity index (χ4v) is 2.87. The van der Waals surface area contributed by atoms with E-state index in [1.54, 1.807) is 18.9 Å². The molecule has 0 aliphatic rings. The van der Waals surface area contributed by atoms with Gasteiger partial charge in [0.25, 0.3) is 0 Å². The number of benzene rings is 1. The lowest BCUT2D eigenvalue weighted by Gasteiger charge is -2.26. The number of primary amides is 1. The third kappa shape index (κ3) is 4.76. The van der Waals surface area contributed by atoms with Crippen LogP contribution in [0, 0.1) is 0 Å². The molecule has 0 aromatic heterocycles. The summed E-state index contributed by atoms with van der Waals surface area (Å²) in [6.07, 6.45) is 0.693. The van der Waals surface area contributed by atoms with E-state index < -0.39 is 5.54 Å². The Hall–Kier alpha value is -1.20. The van der Waals surface area contributed by atoms with E-state index in [1.807, 2.05) is 38.1 Å². The molecule has 1 aromatic rings. The molecule has 0 saturated heterocycles. The molecule has 0 spiro atoms. The number of thioether (sulfide) groups is 1. The topological polar surface area (TPSA) is 64.3 Å². The SMILES string of the molecule is CCNC(C)(CCSc1cccc(OC)c1)C(N)=O. The van der Waals surface area contributed by atoms with Crippen LogP contribution in [-0.4, -0.2) is 30.9 Å². The second-order valence-electron chi connectivity index (χ2n) is 4.50. The van der Waals surface area contributed by atoms with Gasteiger partial charge in [0.2, 0.25) is 5.91 Å². The number of methoxy groups -OCH3 is 1. The minimum atomic E-state index is -0.638. The maximum atomic E-state index is 11.5. The van der Waals surface area contributed by atoms with Crippen LogP contribution >= 0.6 is 11.8 Å². The first-order valence-electron chi connectivity index (χ1n) is 6.33. The molecule has 1 amide bonds. The van der Waals surface area contributed by atoms with Gasteiger partial charge in [-0.05, 0) is 38.1 Å². The lowest BCUT2D eigenvalue weighted by atomic mass is 9.98. The highest BCUT2D eigenvalue weighted by atomic mass is 32.2. The van der Waals surface area contributed by atoms with Crippen molar-refractivity contribution in [3.8, 4) is 5.75 Å². The number of likely N-dealkylation sites (N-methyl/N-ethyl adjacent to an activating group) is 1. The molecule has 0 fully saturated rings. The van der Waals surface area contributed by atoms with E-state index in [0.717, 1.165) is 22.9 Å². The first-order chi connectivity index (χ1) is 9.01. The summed E-state index contributed by atoms with van der Waals surface area (Å²) in [5.74, 6) is 1.36. The van der Waals surface area contributed by atoms with Crippen LogP contribution in [0.5, 0.6) is 5.75 Å². The van der Waals surface area contributed by atoms with E-state index in [0.29, 0.717) is 6.42 Å². The Morgan fingerprint density at radius 2 is 2.26 bits per heavy atom.